The second-order valence-corrected chi connectivity index (χ2v) is 6.48. The Morgan fingerprint density at radius 1 is 1.13 bits per heavy atom. The molecule has 23 heavy (non-hydrogen) atoms. The van der Waals surface area contributed by atoms with Gasteiger partial charge in [0, 0.05) is 5.92 Å². The summed E-state index contributed by atoms with van der Waals surface area (Å²) in [6.45, 7) is 0. The van der Waals surface area contributed by atoms with Crippen LogP contribution < -0.4 is 5.32 Å². The van der Waals surface area contributed by atoms with E-state index in [1.165, 1.54) is 5.56 Å². The maximum atomic E-state index is 11.6. The van der Waals surface area contributed by atoms with Crippen LogP contribution in [0.2, 0.25) is 5.02 Å². The Labute approximate surface area is 139 Å². The molecule has 3 nitrogen and oxygen atoms in total. The average molecular weight is 326 g/mol. The predicted molar refractivity (Wildman–Crippen MR) is 91.2 cm³/mol. The second-order valence-electron chi connectivity index (χ2n) is 6.07. The molecular weight excluding hydrogens is 310 g/mol. The summed E-state index contributed by atoms with van der Waals surface area (Å²) < 4.78 is 0. The van der Waals surface area contributed by atoms with Crippen LogP contribution >= 0.6 is 11.6 Å². The number of fused-ring (bicyclic) bond motifs is 3. The maximum absolute atomic E-state index is 11.6. The van der Waals surface area contributed by atoms with Crippen molar-refractivity contribution < 1.29 is 9.90 Å². The van der Waals surface area contributed by atoms with Crippen LogP contribution in [0.3, 0.4) is 0 Å². The highest BCUT2D eigenvalue weighted by atomic mass is 35.5. The number of benzene rings is 2. The number of carboxylic acids is 1. The fraction of sp³-hybridized carbons (Fsp3) is 0.211. The zero-order valence-corrected chi connectivity index (χ0v) is 13.1. The van der Waals surface area contributed by atoms with Gasteiger partial charge in [-0.15, -0.1) is 0 Å². The molecule has 0 fully saturated rings. The molecule has 2 N–H and O–H groups in total. The van der Waals surface area contributed by atoms with Gasteiger partial charge in [-0.3, -0.25) is 0 Å². The van der Waals surface area contributed by atoms with E-state index in [1.807, 2.05) is 24.3 Å². The highest BCUT2D eigenvalue weighted by molar-refractivity contribution is 6.33. The number of rotatable bonds is 2. The maximum Gasteiger partial charge on any atom is 0.336 e. The molecular formula is C19H16ClNO2. The number of para-hydroxylation sites is 1. The quantitative estimate of drug-likeness (QED) is 0.775. The molecule has 2 aromatic rings. The third-order valence-corrected chi connectivity index (χ3v) is 5.19. The first-order valence-electron chi connectivity index (χ1n) is 7.70. The van der Waals surface area contributed by atoms with Crippen molar-refractivity contribution in [1.29, 1.82) is 0 Å². The van der Waals surface area contributed by atoms with Crippen LogP contribution in [0.4, 0.5) is 5.69 Å². The minimum atomic E-state index is -0.894. The summed E-state index contributed by atoms with van der Waals surface area (Å²) in [5, 5.41) is 13.7. The Balaban J connectivity index is 1.86. The van der Waals surface area contributed by atoms with Gasteiger partial charge in [0.1, 0.15) is 0 Å². The molecule has 1 aliphatic carbocycles. The average Bonchev–Trinajstić information content (AvgIpc) is 3.04. The molecule has 116 valence electrons. The van der Waals surface area contributed by atoms with Gasteiger partial charge in [0.15, 0.2) is 0 Å². The molecule has 4 heteroatoms. The van der Waals surface area contributed by atoms with E-state index in [4.69, 9.17) is 11.6 Å². The first-order chi connectivity index (χ1) is 11.2. The van der Waals surface area contributed by atoms with E-state index in [-0.39, 0.29) is 12.0 Å². The lowest BCUT2D eigenvalue weighted by Crippen LogP contribution is -2.30. The van der Waals surface area contributed by atoms with Gasteiger partial charge in [0.2, 0.25) is 0 Å². The van der Waals surface area contributed by atoms with Crippen molar-refractivity contribution >= 4 is 23.3 Å². The molecule has 0 saturated heterocycles. The minimum absolute atomic E-state index is 0.0605. The lowest BCUT2D eigenvalue weighted by atomic mass is 9.76. The minimum Gasteiger partial charge on any atom is -0.478 e. The van der Waals surface area contributed by atoms with Gasteiger partial charge in [-0.2, -0.15) is 0 Å². The fourth-order valence-electron chi connectivity index (χ4n) is 3.85. The molecule has 0 saturated carbocycles. The number of nitrogens with one attached hydrogen (secondary N) is 1. The van der Waals surface area contributed by atoms with E-state index in [9.17, 15) is 9.90 Å². The molecule has 2 aliphatic rings. The summed E-state index contributed by atoms with van der Waals surface area (Å²) in [6, 6.07) is 13.1. The van der Waals surface area contributed by atoms with Crippen LogP contribution in [0.1, 0.15) is 39.9 Å². The summed E-state index contributed by atoms with van der Waals surface area (Å²) in [5.41, 5.74) is 3.29. The lowest BCUT2D eigenvalue weighted by molar-refractivity contribution is 0.0694. The van der Waals surface area contributed by atoms with Gasteiger partial charge in [-0.25, -0.2) is 4.79 Å². The largest absolute Gasteiger partial charge is 0.478 e. The van der Waals surface area contributed by atoms with Crippen LogP contribution in [0.5, 0.6) is 0 Å². The van der Waals surface area contributed by atoms with Crippen molar-refractivity contribution in [1.82, 2.24) is 0 Å². The van der Waals surface area contributed by atoms with E-state index < -0.39 is 5.97 Å². The number of allylic oxidation sites excluding steroid dienone is 2. The number of aromatic carboxylic acids is 1. The normalized spacial score (nSPS) is 24.7. The van der Waals surface area contributed by atoms with E-state index in [2.05, 4.69) is 23.5 Å². The van der Waals surface area contributed by atoms with Crippen LogP contribution in [-0.2, 0) is 0 Å². The summed E-state index contributed by atoms with van der Waals surface area (Å²) in [6.07, 6.45) is 5.34. The number of hydrogen-bond donors (Lipinski definition) is 2. The van der Waals surface area contributed by atoms with Crippen LogP contribution in [0, 0.1) is 5.92 Å². The van der Waals surface area contributed by atoms with Crippen molar-refractivity contribution in [3.63, 3.8) is 0 Å². The molecule has 0 amide bonds. The molecule has 0 aromatic heterocycles. The standard InChI is InChI=1S/C19H16ClNO2/c20-16-10-4-9-13-11-7-3-8-12(11)17(21-18(13)16)14-5-1-2-6-15(14)19(22)23/h1-7,9-12,17,21H,8H2,(H,22,23)/t11-,12-,17-/m1/s1. The summed E-state index contributed by atoms with van der Waals surface area (Å²) in [5.74, 6) is -0.312. The zero-order valence-electron chi connectivity index (χ0n) is 12.4. The van der Waals surface area contributed by atoms with E-state index in [0.717, 1.165) is 17.7 Å². The predicted octanol–water partition coefficient (Wildman–Crippen LogP) is 4.86. The molecule has 0 radical (unpaired) electrons. The number of anilines is 1. The summed E-state index contributed by atoms with van der Waals surface area (Å²) >= 11 is 6.38. The highest BCUT2D eigenvalue weighted by Crippen LogP contribution is 2.51. The van der Waals surface area contributed by atoms with Gasteiger partial charge >= 0.3 is 5.97 Å². The highest BCUT2D eigenvalue weighted by Gasteiger charge is 2.39. The van der Waals surface area contributed by atoms with Gasteiger partial charge in [-0.1, -0.05) is 54.1 Å². The fourth-order valence-corrected chi connectivity index (χ4v) is 4.09. The van der Waals surface area contributed by atoms with Crippen molar-refractivity contribution in [2.75, 3.05) is 5.32 Å². The molecule has 1 aliphatic heterocycles. The SMILES string of the molecule is O=C(O)c1ccccc1[C@@H]1Nc2c(Cl)cccc2[C@@H]2C=CC[C@H]21. The second kappa shape index (κ2) is 5.43. The van der Waals surface area contributed by atoms with Crippen LogP contribution in [0.15, 0.2) is 54.6 Å². The Bertz CT molecular complexity index is 815. The van der Waals surface area contributed by atoms with Crippen molar-refractivity contribution in [2.45, 2.75) is 18.4 Å². The topological polar surface area (TPSA) is 49.3 Å². The third-order valence-electron chi connectivity index (χ3n) is 4.87. The van der Waals surface area contributed by atoms with E-state index in [0.29, 0.717) is 16.5 Å². The van der Waals surface area contributed by atoms with Gasteiger partial charge in [0.25, 0.3) is 0 Å². The number of carbonyl (C=O) groups is 1. The van der Waals surface area contributed by atoms with E-state index >= 15 is 0 Å². The van der Waals surface area contributed by atoms with Crippen molar-refractivity contribution in [3.8, 4) is 0 Å². The van der Waals surface area contributed by atoms with Gasteiger partial charge < -0.3 is 10.4 Å². The van der Waals surface area contributed by atoms with Crippen molar-refractivity contribution in [3.05, 3.63) is 76.3 Å². The molecule has 0 bridgehead atoms. The number of carboxylic acid groups (broad SMARTS) is 1. The monoisotopic (exact) mass is 325 g/mol. The van der Waals surface area contributed by atoms with Crippen LogP contribution in [-0.4, -0.2) is 11.1 Å². The van der Waals surface area contributed by atoms with Crippen LogP contribution in [0.25, 0.3) is 0 Å². The third kappa shape index (κ3) is 2.23. The number of halogens is 1. The zero-order chi connectivity index (χ0) is 16.0. The molecule has 4 rings (SSSR count). The van der Waals surface area contributed by atoms with E-state index in [1.54, 1.807) is 12.1 Å². The molecule has 0 spiro atoms. The molecule has 0 unspecified atom stereocenters. The van der Waals surface area contributed by atoms with Crippen molar-refractivity contribution in [2.24, 2.45) is 5.92 Å². The first-order valence-corrected chi connectivity index (χ1v) is 8.08. The molecule has 3 atom stereocenters. The Hall–Kier alpha value is -2.26. The summed E-state index contributed by atoms with van der Waals surface area (Å²) in [4.78, 5) is 11.6. The van der Waals surface area contributed by atoms with Gasteiger partial charge in [-0.05, 0) is 35.6 Å². The Morgan fingerprint density at radius 2 is 1.91 bits per heavy atom. The first kappa shape index (κ1) is 14.3. The summed E-state index contributed by atoms with van der Waals surface area (Å²) in [7, 11) is 0. The number of hydrogen-bond acceptors (Lipinski definition) is 2. The molecule has 1 heterocycles. The van der Waals surface area contributed by atoms with Gasteiger partial charge in [0.05, 0.1) is 22.3 Å². The Kier molecular flexibility index (Phi) is 3.38. The lowest BCUT2D eigenvalue weighted by Gasteiger charge is -2.38. The smallest absolute Gasteiger partial charge is 0.336 e. The molecule has 2 aromatic carbocycles. The Morgan fingerprint density at radius 3 is 2.74 bits per heavy atom.